The number of aromatic nitrogens is 3. The predicted molar refractivity (Wildman–Crippen MR) is 126 cm³/mol. The molecule has 3 N–H and O–H groups in total. The van der Waals surface area contributed by atoms with Gasteiger partial charge in [0.25, 0.3) is 0 Å². The summed E-state index contributed by atoms with van der Waals surface area (Å²) in [7, 11) is -2.56. The van der Waals surface area contributed by atoms with E-state index in [0.717, 1.165) is 11.1 Å². The van der Waals surface area contributed by atoms with Crippen LogP contribution in [0.25, 0.3) is 16.7 Å². The third-order valence-corrected chi connectivity index (χ3v) is 7.38. The summed E-state index contributed by atoms with van der Waals surface area (Å²) in [6.07, 6.45) is 3.36. The summed E-state index contributed by atoms with van der Waals surface area (Å²) < 4.78 is 51.0. The van der Waals surface area contributed by atoms with Crippen LogP contribution in [0.1, 0.15) is 5.56 Å². The molecular weight excluding hydrogens is 448 g/mol. The zero-order chi connectivity index (χ0) is 23.0. The second-order valence-electron chi connectivity index (χ2n) is 8.02. The molecule has 1 aliphatic heterocycles. The quantitative estimate of drug-likeness (QED) is 0.379. The molecule has 2 aromatic heterocycles. The van der Waals surface area contributed by atoms with E-state index in [1.807, 2.05) is 35.2 Å². The van der Waals surface area contributed by atoms with Crippen molar-refractivity contribution in [3.8, 4) is 5.69 Å². The summed E-state index contributed by atoms with van der Waals surface area (Å²) >= 11 is 0. The van der Waals surface area contributed by atoms with Gasteiger partial charge < -0.3 is 9.88 Å². The summed E-state index contributed by atoms with van der Waals surface area (Å²) in [5, 5.41) is 3.87. The molecule has 0 bridgehead atoms. The van der Waals surface area contributed by atoms with Crippen molar-refractivity contribution in [2.75, 3.05) is 29.9 Å². The molecule has 0 unspecified atom stereocenters. The van der Waals surface area contributed by atoms with Gasteiger partial charge in [-0.2, -0.15) is 15.6 Å². The number of hydrogen-bond donors (Lipinski definition) is 3. The molecule has 0 amide bonds. The van der Waals surface area contributed by atoms with Crippen LogP contribution in [0.5, 0.6) is 0 Å². The molecule has 5 rings (SSSR count). The van der Waals surface area contributed by atoms with Crippen LogP contribution in [0.15, 0.2) is 60.9 Å². The molecule has 0 radical (unpaired) electrons. The van der Waals surface area contributed by atoms with E-state index in [4.69, 9.17) is 0 Å². The SMILES string of the molecule is OS1(O)CCN(Cc2c(F)cc(-n3ccc4cnc(Nc5ccccc5)nc43)cc2F)CC1. The van der Waals surface area contributed by atoms with Crippen LogP contribution in [0.2, 0.25) is 0 Å². The highest BCUT2D eigenvalue weighted by Crippen LogP contribution is 2.40. The number of rotatable bonds is 5. The first-order valence-corrected chi connectivity index (χ1v) is 12.4. The van der Waals surface area contributed by atoms with E-state index in [1.165, 1.54) is 12.1 Å². The summed E-state index contributed by atoms with van der Waals surface area (Å²) in [5.74, 6) is -0.477. The predicted octanol–water partition coefficient (Wildman–Crippen LogP) is 5.01. The number of hydrogen-bond acceptors (Lipinski definition) is 6. The molecule has 33 heavy (non-hydrogen) atoms. The van der Waals surface area contributed by atoms with Gasteiger partial charge in [0.05, 0.1) is 17.2 Å². The smallest absolute Gasteiger partial charge is 0.229 e. The minimum Gasteiger partial charge on any atom is -0.324 e. The van der Waals surface area contributed by atoms with E-state index in [2.05, 4.69) is 15.3 Å². The molecule has 4 aromatic rings. The van der Waals surface area contributed by atoms with E-state index in [-0.39, 0.29) is 23.6 Å². The number of fused-ring (bicyclic) bond motifs is 1. The van der Waals surface area contributed by atoms with E-state index in [1.54, 1.807) is 23.0 Å². The van der Waals surface area contributed by atoms with Gasteiger partial charge >= 0.3 is 0 Å². The maximum Gasteiger partial charge on any atom is 0.229 e. The molecule has 2 aromatic carbocycles. The molecule has 7 nitrogen and oxygen atoms in total. The Morgan fingerprint density at radius 2 is 1.70 bits per heavy atom. The number of halogens is 2. The molecule has 0 atom stereocenters. The van der Waals surface area contributed by atoms with Crippen LogP contribution in [0.3, 0.4) is 0 Å². The van der Waals surface area contributed by atoms with E-state index in [0.29, 0.717) is 30.4 Å². The lowest BCUT2D eigenvalue weighted by Crippen LogP contribution is -2.38. The van der Waals surface area contributed by atoms with Gasteiger partial charge in [0.1, 0.15) is 17.3 Å². The van der Waals surface area contributed by atoms with Gasteiger partial charge in [-0.3, -0.25) is 14.0 Å². The normalized spacial score (nSPS) is 17.2. The summed E-state index contributed by atoms with van der Waals surface area (Å²) in [5.41, 5.74) is 1.64. The maximum absolute atomic E-state index is 15.0. The Morgan fingerprint density at radius 3 is 2.39 bits per heavy atom. The van der Waals surface area contributed by atoms with Crippen molar-refractivity contribution in [1.29, 1.82) is 0 Å². The van der Waals surface area contributed by atoms with Gasteiger partial charge in [-0.15, -0.1) is 0 Å². The van der Waals surface area contributed by atoms with Gasteiger partial charge in [-0.1, -0.05) is 18.2 Å². The van der Waals surface area contributed by atoms with Gasteiger partial charge in [0.15, 0.2) is 0 Å². The van der Waals surface area contributed by atoms with Crippen LogP contribution in [-0.2, 0) is 6.54 Å². The average molecular weight is 472 g/mol. The van der Waals surface area contributed by atoms with Crippen molar-refractivity contribution in [3.05, 3.63) is 78.1 Å². The molecule has 1 fully saturated rings. The first kappa shape index (κ1) is 21.8. The lowest BCUT2D eigenvalue weighted by molar-refractivity contribution is 0.270. The zero-order valence-electron chi connectivity index (χ0n) is 17.7. The van der Waals surface area contributed by atoms with Crippen LogP contribution in [0, 0.1) is 11.6 Å². The Balaban J connectivity index is 1.42. The molecule has 1 aliphatic rings. The topological polar surface area (TPSA) is 86.4 Å². The Labute approximate surface area is 191 Å². The van der Waals surface area contributed by atoms with Crippen LogP contribution < -0.4 is 5.32 Å². The van der Waals surface area contributed by atoms with Crippen molar-refractivity contribution in [2.45, 2.75) is 6.54 Å². The van der Waals surface area contributed by atoms with Crippen molar-refractivity contribution in [1.82, 2.24) is 19.4 Å². The Kier molecular flexibility index (Phi) is 5.75. The molecule has 1 saturated heterocycles. The highest BCUT2D eigenvalue weighted by molar-refractivity contribution is 8.24. The Hall–Kier alpha value is -3.05. The first-order chi connectivity index (χ1) is 15.9. The van der Waals surface area contributed by atoms with Gasteiger partial charge in [0.2, 0.25) is 5.95 Å². The van der Waals surface area contributed by atoms with Crippen molar-refractivity contribution in [2.24, 2.45) is 0 Å². The largest absolute Gasteiger partial charge is 0.324 e. The standard InChI is InChI=1S/C23H23F2N5O2S/c24-20-12-18(13-21(25)19(20)15-29-8-10-33(31,32)11-9-29)30-7-6-16-14-26-23(28-22(16)30)27-17-4-2-1-3-5-17/h1-7,12-14,31-32H,8-11,15H2,(H,26,27,28). The summed E-state index contributed by atoms with van der Waals surface area (Å²) in [6, 6.07) is 13.9. The monoisotopic (exact) mass is 471 g/mol. The van der Waals surface area contributed by atoms with E-state index >= 15 is 0 Å². The minimum atomic E-state index is -2.56. The summed E-state index contributed by atoms with van der Waals surface area (Å²) in [4.78, 5) is 10.7. The van der Waals surface area contributed by atoms with Gasteiger partial charge in [0, 0.05) is 48.7 Å². The minimum absolute atomic E-state index is 0.0327. The molecule has 0 aliphatic carbocycles. The highest BCUT2D eigenvalue weighted by atomic mass is 32.3. The molecule has 0 saturated carbocycles. The fourth-order valence-corrected chi connectivity index (χ4v) is 5.17. The molecule has 10 heteroatoms. The number of nitrogens with one attached hydrogen (secondary N) is 1. The third kappa shape index (κ3) is 4.69. The fraction of sp³-hybridized carbons (Fsp3) is 0.217. The first-order valence-electron chi connectivity index (χ1n) is 10.5. The number of nitrogens with zero attached hydrogens (tertiary/aromatic N) is 4. The third-order valence-electron chi connectivity index (χ3n) is 5.71. The molecule has 172 valence electrons. The van der Waals surface area contributed by atoms with Crippen molar-refractivity contribution >= 4 is 33.3 Å². The number of anilines is 2. The number of benzene rings is 2. The second kappa shape index (κ2) is 8.71. The van der Waals surface area contributed by atoms with Crippen LogP contribution in [0.4, 0.5) is 20.4 Å². The zero-order valence-corrected chi connectivity index (χ0v) is 18.5. The maximum atomic E-state index is 15.0. The molecule has 0 spiro atoms. The van der Waals surface area contributed by atoms with E-state index < -0.39 is 22.2 Å². The van der Waals surface area contributed by atoms with Crippen LogP contribution >= 0.6 is 10.6 Å². The van der Waals surface area contributed by atoms with Crippen LogP contribution in [-0.4, -0.2) is 53.1 Å². The lowest BCUT2D eigenvalue weighted by Gasteiger charge is -2.41. The second-order valence-corrected chi connectivity index (χ2v) is 10.4. The lowest BCUT2D eigenvalue weighted by atomic mass is 10.1. The fourth-order valence-electron chi connectivity index (χ4n) is 3.86. The Bertz CT molecular complexity index is 1270. The average Bonchev–Trinajstić information content (AvgIpc) is 3.21. The van der Waals surface area contributed by atoms with Gasteiger partial charge in [-0.05, 0) is 30.3 Å². The van der Waals surface area contributed by atoms with Gasteiger partial charge in [-0.25, -0.2) is 13.8 Å². The summed E-state index contributed by atoms with van der Waals surface area (Å²) in [6.45, 7) is 0.853. The Morgan fingerprint density at radius 1 is 1.00 bits per heavy atom. The molecule has 3 heterocycles. The highest BCUT2D eigenvalue weighted by Gasteiger charge is 2.24. The van der Waals surface area contributed by atoms with E-state index in [9.17, 15) is 17.9 Å². The number of para-hydroxylation sites is 1. The van der Waals surface area contributed by atoms with Crippen molar-refractivity contribution in [3.63, 3.8) is 0 Å². The van der Waals surface area contributed by atoms with Crippen molar-refractivity contribution < 1.29 is 17.9 Å². The molecular formula is C23H23F2N5O2S.